The number of nitrogens with zero attached hydrogens (tertiary/aromatic N) is 2. The summed E-state index contributed by atoms with van der Waals surface area (Å²) in [6, 6.07) is 11.4. The van der Waals surface area contributed by atoms with Crippen molar-refractivity contribution in [2.75, 3.05) is 6.61 Å². The number of fused-ring (bicyclic) bond motifs is 1. The summed E-state index contributed by atoms with van der Waals surface area (Å²) in [5.41, 5.74) is 1.39. The number of hydrogen-bond donors (Lipinski definition) is 1. The Morgan fingerprint density at radius 2 is 2.00 bits per heavy atom. The van der Waals surface area contributed by atoms with E-state index in [1.54, 1.807) is 10.8 Å². The second kappa shape index (κ2) is 7.91. The van der Waals surface area contributed by atoms with E-state index in [2.05, 4.69) is 12.2 Å². The molecule has 0 aliphatic carbocycles. The van der Waals surface area contributed by atoms with Crippen molar-refractivity contribution in [3.63, 3.8) is 0 Å². The first-order valence-corrected chi connectivity index (χ1v) is 8.71. The van der Waals surface area contributed by atoms with Gasteiger partial charge in [0.05, 0.1) is 6.61 Å². The Labute approximate surface area is 152 Å². The highest BCUT2D eigenvalue weighted by atomic mass is 16.5. The SMILES string of the molecule is CCCOc1cccc(CNC(=O)Cn2ccc3ccn(C)c3c2=O)c1. The number of hydrogen-bond acceptors (Lipinski definition) is 3. The smallest absolute Gasteiger partial charge is 0.275 e. The first-order chi connectivity index (χ1) is 12.6. The molecule has 1 amide bonds. The molecule has 2 aromatic heterocycles. The Hall–Kier alpha value is -3.02. The number of benzene rings is 1. The molecule has 0 fully saturated rings. The maximum Gasteiger partial charge on any atom is 0.275 e. The molecule has 3 aromatic rings. The number of nitrogens with one attached hydrogen (secondary N) is 1. The number of amides is 1. The molecule has 1 N–H and O–H groups in total. The minimum Gasteiger partial charge on any atom is -0.494 e. The van der Waals surface area contributed by atoms with E-state index in [0.29, 0.717) is 18.7 Å². The van der Waals surface area contributed by atoms with Crippen LogP contribution in [0.5, 0.6) is 5.75 Å². The summed E-state index contributed by atoms with van der Waals surface area (Å²) < 4.78 is 8.80. The van der Waals surface area contributed by atoms with E-state index in [9.17, 15) is 9.59 Å². The van der Waals surface area contributed by atoms with Gasteiger partial charge in [-0.2, -0.15) is 0 Å². The summed E-state index contributed by atoms with van der Waals surface area (Å²) in [4.78, 5) is 24.8. The summed E-state index contributed by atoms with van der Waals surface area (Å²) in [6.45, 7) is 3.11. The van der Waals surface area contributed by atoms with E-state index in [1.165, 1.54) is 4.57 Å². The molecule has 136 valence electrons. The summed E-state index contributed by atoms with van der Waals surface area (Å²) >= 11 is 0. The van der Waals surface area contributed by atoms with Crippen molar-refractivity contribution in [3.05, 3.63) is 64.7 Å². The molecule has 0 unspecified atom stereocenters. The van der Waals surface area contributed by atoms with Crippen molar-refractivity contribution in [2.45, 2.75) is 26.4 Å². The van der Waals surface area contributed by atoms with Crippen LogP contribution in [-0.4, -0.2) is 21.6 Å². The molecule has 26 heavy (non-hydrogen) atoms. The molecule has 0 aliphatic rings. The molecule has 6 heteroatoms. The minimum absolute atomic E-state index is 0.00796. The number of aromatic nitrogens is 2. The standard InChI is InChI=1S/C20H23N3O3/c1-3-11-26-17-6-4-5-15(12-17)13-21-18(24)14-23-10-8-16-7-9-22(2)19(16)20(23)25/h4-10,12H,3,11,13-14H2,1-2H3,(H,21,24). The van der Waals surface area contributed by atoms with E-state index in [4.69, 9.17) is 4.74 Å². The fourth-order valence-corrected chi connectivity index (χ4v) is 2.83. The van der Waals surface area contributed by atoms with Crippen molar-refractivity contribution >= 4 is 16.8 Å². The monoisotopic (exact) mass is 353 g/mol. The summed E-state index contributed by atoms with van der Waals surface area (Å²) in [6.07, 6.45) is 4.44. The van der Waals surface area contributed by atoms with Gasteiger partial charge in [-0.05, 0) is 36.2 Å². The molecule has 0 bridgehead atoms. The predicted molar refractivity (Wildman–Crippen MR) is 101 cm³/mol. The van der Waals surface area contributed by atoms with Crippen LogP contribution >= 0.6 is 0 Å². The Bertz CT molecular complexity index is 972. The highest BCUT2D eigenvalue weighted by molar-refractivity contribution is 5.80. The molecule has 1 aromatic carbocycles. The van der Waals surface area contributed by atoms with Crippen molar-refractivity contribution in [2.24, 2.45) is 7.05 Å². The molecule has 3 rings (SSSR count). The van der Waals surface area contributed by atoms with Gasteiger partial charge in [0.1, 0.15) is 17.8 Å². The molecular formula is C20H23N3O3. The van der Waals surface area contributed by atoms with Crippen LogP contribution in [0.4, 0.5) is 0 Å². The van der Waals surface area contributed by atoms with E-state index >= 15 is 0 Å². The van der Waals surface area contributed by atoms with Crippen molar-refractivity contribution in [1.82, 2.24) is 14.5 Å². The average Bonchev–Trinajstić information content (AvgIpc) is 3.02. The number of carbonyl (C=O) groups is 1. The third kappa shape index (κ3) is 3.96. The topological polar surface area (TPSA) is 65.3 Å². The Morgan fingerprint density at radius 1 is 1.19 bits per heavy atom. The van der Waals surface area contributed by atoms with Gasteiger partial charge in [-0.25, -0.2) is 0 Å². The minimum atomic E-state index is -0.208. The van der Waals surface area contributed by atoms with Crippen LogP contribution in [0.2, 0.25) is 0 Å². The first-order valence-electron chi connectivity index (χ1n) is 8.71. The lowest BCUT2D eigenvalue weighted by atomic mass is 10.2. The molecular weight excluding hydrogens is 330 g/mol. The molecule has 0 spiro atoms. The third-order valence-electron chi connectivity index (χ3n) is 4.18. The van der Waals surface area contributed by atoms with Crippen LogP contribution in [0.1, 0.15) is 18.9 Å². The van der Waals surface area contributed by atoms with Gasteiger partial charge in [-0.3, -0.25) is 9.59 Å². The molecule has 2 heterocycles. The van der Waals surface area contributed by atoms with Crippen LogP contribution in [0.3, 0.4) is 0 Å². The van der Waals surface area contributed by atoms with Crippen molar-refractivity contribution in [1.29, 1.82) is 0 Å². The summed E-state index contributed by atoms with van der Waals surface area (Å²) in [7, 11) is 1.82. The van der Waals surface area contributed by atoms with Crippen molar-refractivity contribution < 1.29 is 9.53 Å². The second-order valence-electron chi connectivity index (χ2n) is 6.25. The first kappa shape index (κ1) is 17.8. The molecule has 6 nitrogen and oxygen atoms in total. The lowest BCUT2D eigenvalue weighted by molar-refractivity contribution is -0.121. The van der Waals surface area contributed by atoms with E-state index in [-0.39, 0.29) is 18.0 Å². The third-order valence-corrected chi connectivity index (χ3v) is 4.18. The van der Waals surface area contributed by atoms with Gasteiger partial charge in [0.15, 0.2) is 0 Å². The molecule has 0 saturated heterocycles. The van der Waals surface area contributed by atoms with Gasteiger partial charge >= 0.3 is 0 Å². The summed E-state index contributed by atoms with van der Waals surface area (Å²) in [5, 5.41) is 3.73. The number of carbonyl (C=O) groups excluding carboxylic acids is 1. The fourth-order valence-electron chi connectivity index (χ4n) is 2.83. The van der Waals surface area contributed by atoms with Crippen LogP contribution in [0, 0.1) is 0 Å². The molecule has 0 radical (unpaired) electrons. The lowest BCUT2D eigenvalue weighted by Gasteiger charge is -2.10. The number of aryl methyl sites for hydroxylation is 1. The predicted octanol–water partition coefficient (Wildman–Crippen LogP) is 2.45. The maximum absolute atomic E-state index is 12.5. The average molecular weight is 353 g/mol. The van der Waals surface area contributed by atoms with Gasteiger partial charge in [-0.15, -0.1) is 0 Å². The Balaban J connectivity index is 1.64. The lowest BCUT2D eigenvalue weighted by Crippen LogP contribution is -2.32. The summed E-state index contributed by atoms with van der Waals surface area (Å²) in [5.74, 6) is 0.588. The number of ether oxygens (including phenoxy) is 1. The van der Waals surface area contributed by atoms with E-state index < -0.39 is 0 Å². The van der Waals surface area contributed by atoms with Gasteiger partial charge in [0, 0.05) is 31.4 Å². The molecule has 0 saturated carbocycles. The zero-order chi connectivity index (χ0) is 18.5. The van der Waals surface area contributed by atoms with Crippen molar-refractivity contribution in [3.8, 4) is 5.75 Å². The molecule has 0 atom stereocenters. The quantitative estimate of drug-likeness (QED) is 0.709. The van der Waals surface area contributed by atoms with Crippen LogP contribution in [-0.2, 0) is 24.9 Å². The zero-order valence-electron chi connectivity index (χ0n) is 15.1. The second-order valence-corrected chi connectivity index (χ2v) is 6.25. The zero-order valence-corrected chi connectivity index (χ0v) is 15.1. The van der Waals surface area contributed by atoms with Gasteiger partial charge in [0.25, 0.3) is 5.56 Å². The number of rotatable bonds is 7. The number of pyridine rings is 1. The highest BCUT2D eigenvalue weighted by Gasteiger charge is 2.09. The van der Waals surface area contributed by atoms with Gasteiger partial charge in [-0.1, -0.05) is 19.1 Å². The Kier molecular flexibility index (Phi) is 5.41. The normalized spacial score (nSPS) is 10.8. The maximum atomic E-state index is 12.5. The van der Waals surface area contributed by atoms with Gasteiger partial charge < -0.3 is 19.2 Å². The van der Waals surface area contributed by atoms with E-state index in [0.717, 1.165) is 23.1 Å². The van der Waals surface area contributed by atoms with E-state index in [1.807, 2.05) is 49.6 Å². The van der Waals surface area contributed by atoms with Crippen LogP contribution in [0.25, 0.3) is 10.9 Å². The highest BCUT2D eigenvalue weighted by Crippen LogP contribution is 2.13. The van der Waals surface area contributed by atoms with Crippen LogP contribution < -0.4 is 15.6 Å². The fraction of sp³-hybridized carbons (Fsp3) is 0.300. The van der Waals surface area contributed by atoms with Crippen LogP contribution in [0.15, 0.2) is 53.6 Å². The Morgan fingerprint density at radius 3 is 2.81 bits per heavy atom. The molecule has 0 aliphatic heterocycles. The largest absolute Gasteiger partial charge is 0.494 e. The van der Waals surface area contributed by atoms with Gasteiger partial charge in [0.2, 0.25) is 5.91 Å².